The molecular formula is C15H14N4OS. The fraction of sp³-hybridized carbons (Fsp3) is 0.267. The van der Waals surface area contributed by atoms with Crippen LogP contribution in [0.25, 0.3) is 21.5 Å². The number of anilines is 1. The SMILES string of the molecule is COc1ccc2nc3c(c(-c4nnc(N)s4)c2c1)CCC3. The van der Waals surface area contributed by atoms with Crippen molar-refractivity contribution in [3.63, 3.8) is 0 Å². The van der Waals surface area contributed by atoms with Gasteiger partial charge in [0.15, 0.2) is 5.01 Å². The predicted octanol–water partition coefficient (Wildman–Crippen LogP) is 2.83. The second-order valence-electron chi connectivity index (χ2n) is 5.09. The highest BCUT2D eigenvalue weighted by molar-refractivity contribution is 7.18. The molecule has 2 aromatic heterocycles. The zero-order valence-electron chi connectivity index (χ0n) is 11.6. The molecule has 3 aromatic rings. The number of hydrogen-bond donors (Lipinski definition) is 1. The summed E-state index contributed by atoms with van der Waals surface area (Å²) in [5.41, 5.74) is 10.3. The van der Waals surface area contributed by atoms with Gasteiger partial charge in [0.05, 0.1) is 12.6 Å². The highest BCUT2D eigenvalue weighted by Gasteiger charge is 2.23. The Morgan fingerprint density at radius 2 is 2.14 bits per heavy atom. The maximum absolute atomic E-state index is 5.77. The van der Waals surface area contributed by atoms with Crippen molar-refractivity contribution in [1.29, 1.82) is 0 Å². The fourth-order valence-corrected chi connectivity index (χ4v) is 3.64. The van der Waals surface area contributed by atoms with Crippen LogP contribution in [0.1, 0.15) is 17.7 Å². The number of fused-ring (bicyclic) bond motifs is 2. The van der Waals surface area contributed by atoms with E-state index in [-0.39, 0.29) is 0 Å². The lowest BCUT2D eigenvalue weighted by Gasteiger charge is -2.11. The molecule has 0 bridgehead atoms. The summed E-state index contributed by atoms with van der Waals surface area (Å²) >= 11 is 1.42. The van der Waals surface area contributed by atoms with E-state index < -0.39 is 0 Å². The Labute approximate surface area is 125 Å². The number of aromatic nitrogens is 3. The maximum Gasteiger partial charge on any atom is 0.203 e. The molecule has 2 N–H and O–H groups in total. The van der Waals surface area contributed by atoms with Crippen molar-refractivity contribution in [3.8, 4) is 16.3 Å². The second-order valence-corrected chi connectivity index (χ2v) is 6.10. The van der Waals surface area contributed by atoms with Crippen LogP contribution < -0.4 is 10.5 Å². The molecule has 21 heavy (non-hydrogen) atoms. The molecular weight excluding hydrogens is 284 g/mol. The Morgan fingerprint density at radius 3 is 2.90 bits per heavy atom. The van der Waals surface area contributed by atoms with Gasteiger partial charge in [0, 0.05) is 16.6 Å². The number of nitrogen functional groups attached to an aromatic ring is 1. The van der Waals surface area contributed by atoms with Gasteiger partial charge in [0.1, 0.15) is 5.75 Å². The average molecular weight is 298 g/mol. The Bertz CT molecular complexity index is 843. The van der Waals surface area contributed by atoms with Crippen LogP contribution in [0.2, 0.25) is 0 Å². The van der Waals surface area contributed by atoms with Crippen molar-refractivity contribution < 1.29 is 4.74 Å². The summed E-state index contributed by atoms with van der Waals surface area (Å²) in [6, 6.07) is 5.96. The molecule has 1 aliphatic rings. The maximum atomic E-state index is 5.77. The first-order chi connectivity index (χ1) is 10.3. The monoisotopic (exact) mass is 298 g/mol. The second kappa shape index (κ2) is 4.66. The molecule has 106 valence electrons. The van der Waals surface area contributed by atoms with Crippen LogP contribution in [-0.4, -0.2) is 22.3 Å². The molecule has 1 aliphatic carbocycles. The summed E-state index contributed by atoms with van der Waals surface area (Å²) in [5, 5.41) is 10.6. The predicted molar refractivity (Wildman–Crippen MR) is 83.6 cm³/mol. The number of benzene rings is 1. The van der Waals surface area contributed by atoms with Gasteiger partial charge in [-0.1, -0.05) is 11.3 Å². The van der Waals surface area contributed by atoms with Crippen LogP contribution in [-0.2, 0) is 12.8 Å². The van der Waals surface area contributed by atoms with Gasteiger partial charge in [-0.2, -0.15) is 0 Å². The summed E-state index contributed by atoms with van der Waals surface area (Å²) in [4.78, 5) is 4.79. The molecule has 6 heteroatoms. The Balaban J connectivity index is 2.09. The van der Waals surface area contributed by atoms with Crippen LogP contribution in [0.3, 0.4) is 0 Å². The molecule has 5 nitrogen and oxygen atoms in total. The zero-order chi connectivity index (χ0) is 14.4. The minimum atomic E-state index is 0.490. The minimum Gasteiger partial charge on any atom is -0.497 e. The Morgan fingerprint density at radius 1 is 1.24 bits per heavy atom. The number of aryl methyl sites for hydroxylation is 1. The van der Waals surface area contributed by atoms with Crippen molar-refractivity contribution >= 4 is 27.4 Å². The first kappa shape index (κ1) is 12.5. The number of rotatable bonds is 2. The largest absolute Gasteiger partial charge is 0.497 e. The lowest BCUT2D eigenvalue weighted by atomic mass is 10.0. The van der Waals surface area contributed by atoms with Crippen LogP contribution in [0.5, 0.6) is 5.75 Å². The highest BCUT2D eigenvalue weighted by atomic mass is 32.1. The minimum absolute atomic E-state index is 0.490. The normalized spacial score (nSPS) is 13.6. The number of pyridine rings is 1. The Kier molecular flexibility index (Phi) is 2.78. The van der Waals surface area contributed by atoms with Gasteiger partial charge in [-0.05, 0) is 43.0 Å². The molecule has 0 radical (unpaired) electrons. The number of nitrogens with two attached hydrogens (primary N) is 1. The van der Waals surface area contributed by atoms with E-state index in [2.05, 4.69) is 10.2 Å². The third-order valence-electron chi connectivity index (χ3n) is 3.87. The van der Waals surface area contributed by atoms with Crippen molar-refractivity contribution in [2.45, 2.75) is 19.3 Å². The number of methoxy groups -OCH3 is 1. The van der Waals surface area contributed by atoms with Crippen molar-refractivity contribution in [2.24, 2.45) is 0 Å². The van der Waals surface area contributed by atoms with E-state index in [1.165, 1.54) is 22.6 Å². The summed E-state index contributed by atoms with van der Waals surface area (Å²) in [5.74, 6) is 0.820. The van der Waals surface area contributed by atoms with E-state index >= 15 is 0 Å². The summed E-state index contributed by atoms with van der Waals surface area (Å²) in [7, 11) is 1.67. The van der Waals surface area contributed by atoms with Crippen molar-refractivity contribution in [2.75, 3.05) is 12.8 Å². The zero-order valence-corrected chi connectivity index (χ0v) is 12.4. The number of hydrogen-bond acceptors (Lipinski definition) is 6. The number of nitrogens with zero attached hydrogens (tertiary/aromatic N) is 3. The van der Waals surface area contributed by atoms with Gasteiger partial charge in [-0.25, -0.2) is 0 Å². The molecule has 4 rings (SSSR count). The first-order valence-corrected chi connectivity index (χ1v) is 7.67. The standard InChI is InChI=1S/C15H14N4OS/c1-20-8-5-6-12-10(7-8)13(14-18-19-15(16)21-14)9-3-2-4-11(9)17-12/h5-7H,2-4H2,1H3,(H2,16,19). The molecule has 0 saturated carbocycles. The third kappa shape index (κ3) is 1.94. The lowest BCUT2D eigenvalue weighted by molar-refractivity contribution is 0.415. The fourth-order valence-electron chi connectivity index (χ4n) is 2.95. The topological polar surface area (TPSA) is 73.9 Å². The average Bonchev–Trinajstić information content (AvgIpc) is 3.12. The molecule has 0 fully saturated rings. The molecule has 0 saturated heterocycles. The summed E-state index contributed by atoms with van der Waals surface area (Å²) in [6.45, 7) is 0. The van der Waals surface area contributed by atoms with E-state index in [1.54, 1.807) is 7.11 Å². The molecule has 0 spiro atoms. The molecule has 0 amide bonds. The van der Waals surface area contributed by atoms with Crippen LogP contribution in [0.15, 0.2) is 18.2 Å². The van der Waals surface area contributed by atoms with Crippen LogP contribution >= 0.6 is 11.3 Å². The first-order valence-electron chi connectivity index (χ1n) is 6.85. The van der Waals surface area contributed by atoms with Crippen LogP contribution in [0.4, 0.5) is 5.13 Å². The highest BCUT2D eigenvalue weighted by Crippen LogP contribution is 2.39. The van der Waals surface area contributed by atoms with E-state index in [9.17, 15) is 0 Å². The van der Waals surface area contributed by atoms with Crippen molar-refractivity contribution in [1.82, 2.24) is 15.2 Å². The van der Waals surface area contributed by atoms with E-state index in [4.69, 9.17) is 15.5 Å². The molecule has 1 aromatic carbocycles. The van der Waals surface area contributed by atoms with Gasteiger partial charge >= 0.3 is 0 Å². The number of ether oxygens (including phenoxy) is 1. The van der Waals surface area contributed by atoms with Gasteiger partial charge in [0.25, 0.3) is 0 Å². The van der Waals surface area contributed by atoms with Gasteiger partial charge in [0.2, 0.25) is 5.13 Å². The van der Waals surface area contributed by atoms with Crippen molar-refractivity contribution in [3.05, 3.63) is 29.5 Å². The van der Waals surface area contributed by atoms with Gasteiger partial charge in [-0.3, -0.25) is 4.98 Å². The van der Waals surface area contributed by atoms with Gasteiger partial charge in [-0.15, -0.1) is 10.2 Å². The van der Waals surface area contributed by atoms with Crippen LogP contribution in [0, 0.1) is 0 Å². The van der Waals surface area contributed by atoms with Gasteiger partial charge < -0.3 is 10.5 Å². The smallest absolute Gasteiger partial charge is 0.203 e. The summed E-state index contributed by atoms with van der Waals surface area (Å²) < 4.78 is 5.35. The summed E-state index contributed by atoms with van der Waals surface area (Å²) in [6.07, 6.45) is 3.19. The Hall–Kier alpha value is -2.21. The van der Waals surface area contributed by atoms with E-state index in [1.807, 2.05) is 18.2 Å². The molecule has 0 aliphatic heterocycles. The molecule has 0 unspecified atom stereocenters. The quantitative estimate of drug-likeness (QED) is 0.787. The third-order valence-corrected chi connectivity index (χ3v) is 4.64. The lowest BCUT2D eigenvalue weighted by Crippen LogP contribution is -1.96. The van der Waals surface area contributed by atoms with E-state index in [0.29, 0.717) is 5.13 Å². The van der Waals surface area contributed by atoms with E-state index in [0.717, 1.165) is 46.5 Å². The molecule has 2 heterocycles. The molecule has 0 atom stereocenters.